The SMILES string of the molecule is Cc1cccc(-c2nn(-c3ccc(F)cc3)cc2C(=O)NCCC(=O)NCc2ccncc2)c1. The van der Waals surface area contributed by atoms with E-state index in [2.05, 4.69) is 20.7 Å². The van der Waals surface area contributed by atoms with Gasteiger partial charge in [-0.2, -0.15) is 5.10 Å². The number of amides is 2. The van der Waals surface area contributed by atoms with Crippen LogP contribution in [0.2, 0.25) is 0 Å². The fourth-order valence-electron chi connectivity index (χ4n) is 3.45. The number of aromatic nitrogens is 3. The zero-order valence-electron chi connectivity index (χ0n) is 18.7. The van der Waals surface area contributed by atoms with E-state index in [-0.39, 0.29) is 30.6 Å². The molecule has 0 aliphatic carbocycles. The van der Waals surface area contributed by atoms with Gasteiger partial charge in [0.25, 0.3) is 5.91 Å². The van der Waals surface area contributed by atoms with Crippen LogP contribution in [0.1, 0.15) is 27.9 Å². The number of halogens is 1. The lowest BCUT2D eigenvalue weighted by molar-refractivity contribution is -0.121. The maximum absolute atomic E-state index is 13.4. The number of hydrogen-bond acceptors (Lipinski definition) is 4. The van der Waals surface area contributed by atoms with Crippen molar-refractivity contribution >= 4 is 11.8 Å². The fourth-order valence-corrected chi connectivity index (χ4v) is 3.45. The van der Waals surface area contributed by atoms with Gasteiger partial charge in [0, 0.05) is 43.7 Å². The molecule has 2 N–H and O–H groups in total. The molecular weight excluding hydrogens is 433 g/mol. The predicted molar refractivity (Wildman–Crippen MR) is 127 cm³/mol. The summed E-state index contributed by atoms with van der Waals surface area (Å²) in [6.45, 7) is 2.54. The van der Waals surface area contributed by atoms with E-state index in [4.69, 9.17) is 0 Å². The Morgan fingerprint density at radius 2 is 1.76 bits per heavy atom. The quantitative estimate of drug-likeness (QED) is 0.421. The Morgan fingerprint density at radius 3 is 2.50 bits per heavy atom. The number of carbonyl (C=O) groups excluding carboxylic acids is 2. The molecule has 0 radical (unpaired) electrons. The average molecular weight is 458 g/mol. The first-order valence-corrected chi connectivity index (χ1v) is 10.9. The van der Waals surface area contributed by atoms with Gasteiger partial charge in [0.15, 0.2) is 0 Å². The van der Waals surface area contributed by atoms with Crippen LogP contribution in [-0.4, -0.2) is 33.1 Å². The molecule has 2 aromatic heterocycles. The lowest BCUT2D eigenvalue weighted by atomic mass is 10.1. The summed E-state index contributed by atoms with van der Waals surface area (Å²) in [5.41, 5.74) is 4.28. The number of hydrogen-bond donors (Lipinski definition) is 2. The molecule has 0 fully saturated rings. The zero-order valence-corrected chi connectivity index (χ0v) is 18.7. The van der Waals surface area contributed by atoms with Crippen molar-refractivity contribution in [2.75, 3.05) is 6.54 Å². The number of rotatable bonds is 8. The highest BCUT2D eigenvalue weighted by Gasteiger charge is 2.19. The van der Waals surface area contributed by atoms with Crippen LogP contribution in [0.3, 0.4) is 0 Å². The fraction of sp³-hybridized carbons (Fsp3) is 0.154. The molecule has 0 aliphatic heterocycles. The summed E-state index contributed by atoms with van der Waals surface area (Å²) in [5.74, 6) is -0.861. The minimum absolute atomic E-state index is 0.142. The van der Waals surface area contributed by atoms with Crippen LogP contribution in [-0.2, 0) is 11.3 Å². The predicted octanol–water partition coefficient (Wildman–Crippen LogP) is 3.82. The lowest BCUT2D eigenvalue weighted by Gasteiger charge is -2.07. The molecule has 0 unspecified atom stereocenters. The highest BCUT2D eigenvalue weighted by molar-refractivity contribution is 6.00. The molecule has 172 valence electrons. The van der Waals surface area contributed by atoms with Crippen molar-refractivity contribution in [3.8, 4) is 16.9 Å². The third kappa shape index (κ3) is 5.72. The molecule has 0 spiro atoms. The van der Waals surface area contributed by atoms with E-state index in [9.17, 15) is 14.0 Å². The maximum Gasteiger partial charge on any atom is 0.255 e. The Morgan fingerprint density at radius 1 is 1.00 bits per heavy atom. The highest BCUT2D eigenvalue weighted by Crippen LogP contribution is 2.25. The van der Waals surface area contributed by atoms with Crippen molar-refractivity contribution in [1.29, 1.82) is 0 Å². The van der Waals surface area contributed by atoms with E-state index < -0.39 is 0 Å². The van der Waals surface area contributed by atoms with Gasteiger partial charge in [0.1, 0.15) is 11.5 Å². The Bertz CT molecular complexity index is 1290. The molecule has 34 heavy (non-hydrogen) atoms. The van der Waals surface area contributed by atoms with Gasteiger partial charge in [-0.15, -0.1) is 0 Å². The second kappa shape index (κ2) is 10.5. The lowest BCUT2D eigenvalue weighted by Crippen LogP contribution is -2.30. The van der Waals surface area contributed by atoms with Gasteiger partial charge in [-0.25, -0.2) is 9.07 Å². The molecule has 7 nitrogen and oxygen atoms in total. The molecule has 0 aliphatic rings. The summed E-state index contributed by atoms with van der Waals surface area (Å²) in [5, 5.41) is 10.2. The second-order valence-corrected chi connectivity index (χ2v) is 7.82. The van der Waals surface area contributed by atoms with E-state index in [0.717, 1.165) is 16.7 Å². The van der Waals surface area contributed by atoms with E-state index in [1.807, 2.05) is 43.3 Å². The number of nitrogens with one attached hydrogen (secondary N) is 2. The monoisotopic (exact) mass is 457 g/mol. The van der Waals surface area contributed by atoms with Crippen LogP contribution in [0.15, 0.2) is 79.3 Å². The topological polar surface area (TPSA) is 88.9 Å². The molecule has 0 saturated carbocycles. The molecule has 8 heteroatoms. The maximum atomic E-state index is 13.4. The minimum Gasteiger partial charge on any atom is -0.352 e. The first-order valence-electron chi connectivity index (χ1n) is 10.9. The summed E-state index contributed by atoms with van der Waals surface area (Å²) in [6.07, 6.45) is 5.09. The Labute approximate surface area is 196 Å². The van der Waals surface area contributed by atoms with Crippen molar-refractivity contribution in [3.05, 3.63) is 102 Å². The van der Waals surface area contributed by atoms with Crippen LogP contribution >= 0.6 is 0 Å². The van der Waals surface area contributed by atoms with E-state index in [1.165, 1.54) is 12.1 Å². The standard InChI is InChI=1S/C26H24FN5O2/c1-18-3-2-4-20(15-18)25-23(17-32(31-25)22-7-5-21(27)6-8-22)26(34)29-14-11-24(33)30-16-19-9-12-28-13-10-19/h2-10,12-13,15,17H,11,14,16H2,1H3,(H,29,34)(H,30,33). The molecular formula is C26H24FN5O2. The molecule has 4 aromatic rings. The van der Waals surface area contributed by atoms with Crippen molar-refractivity contribution in [2.24, 2.45) is 0 Å². The van der Waals surface area contributed by atoms with Crippen molar-refractivity contribution in [1.82, 2.24) is 25.4 Å². The van der Waals surface area contributed by atoms with Crippen LogP contribution in [0, 0.1) is 12.7 Å². The Hall–Kier alpha value is -4.33. The van der Waals surface area contributed by atoms with Gasteiger partial charge < -0.3 is 10.6 Å². The summed E-state index contributed by atoms with van der Waals surface area (Å²) < 4.78 is 14.9. The number of aryl methyl sites for hydroxylation is 1. The molecule has 0 saturated heterocycles. The van der Waals surface area contributed by atoms with Gasteiger partial charge in [-0.1, -0.05) is 23.8 Å². The Balaban J connectivity index is 1.46. The smallest absolute Gasteiger partial charge is 0.255 e. The number of benzene rings is 2. The minimum atomic E-state index is -0.352. The summed E-state index contributed by atoms with van der Waals surface area (Å²) in [6, 6.07) is 17.2. The number of carbonyl (C=O) groups is 2. The van der Waals surface area contributed by atoms with Crippen LogP contribution in [0.25, 0.3) is 16.9 Å². The summed E-state index contributed by atoms with van der Waals surface area (Å²) >= 11 is 0. The Kier molecular flexibility index (Phi) is 7.07. The van der Waals surface area contributed by atoms with Crippen LogP contribution in [0.5, 0.6) is 0 Å². The van der Waals surface area contributed by atoms with Crippen LogP contribution in [0.4, 0.5) is 4.39 Å². The average Bonchev–Trinajstić information content (AvgIpc) is 3.29. The molecule has 0 bridgehead atoms. The van der Waals surface area contributed by atoms with Gasteiger partial charge >= 0.3 is 0 Å². The molecule has 2 aromatic carbocycles. The molecule has 0 atom stereocenters. The molecule has 2 heterocycles. The van der Waals surface area contributed by atoms with Gasteiger partial charge in [0.05, 0.1) is 11.3 Å². The third-order valence-electron chi connectivity index (χ3n) is 5.22. The largest absolute Gasteiger partial charge is 0.352 e. The molecule has 2 amide bonds. The number of nitrogens with zero attached hydrogens (tertiary/aromatic N) is 3. The first kappa shape index (κ1) is 22.8. The normalized spacial score (nSPS) is 10.6. The van der Waals surface area contributed by atoms with Crippen molar-refractivity contribution in [2.45, 2.75) is 19.9 Å². The van der Waals surface area contributed by atoms with Gasteiger partial charge in [-0.3, -0.25) is 14.6 Å². The van der Waals surface area contributed by atoms with E-state index in [0.29, 0.717) is 23.5 Å². The van der Waals surface area contributed by atoms with E-state index >= 15 is 0 Å². The van der Waals surface area contributed by atoms with Gasteiger partial charge in [0.2, 0.25) is 5.91 Å². The summed E-state index contributed by atoms with van der Waals surface area (Å²) in [7, 11) is 0. The second-order valence-electron chi connectivity index (χ2n) is 7.82. The van der Waals surface area contributed by atoms with Crippen molar-refractivity contribution in [3.63, 3.8) is 0 Å². The zero-order chi connectivity index (χ0) is 23.9. The first-order chi connectivity index (χ1) is 16.5. The van der Waals surface area contributed by atoms with Crippen molar-refractivity contribution < 1.29 is 14.0 Å². The molecule has 4 rings (SSSR count). The number of pyridine rings is 1. The third-order valence-corrected chi connectivity index (χ3v) is 5.22. The van der Waals surface area contributed by atoms with E-state index in [1.54, 1.807) is 35.4 Å². The summed E-state index contributed by atoms with van der Waals surface area (Å²) in [4.78, 5) is 29.1. The van der Waals surface area contributed by atoms with Gasteiger partial charge in [-0.05, 0) is 55.0 Å². The highest BCUT2D eigenvalue weighted by atomic mass is 19.1. The van der Waals surface area contributed by atoms with Crippen LogP contribution < -0.4 is 10.6 Å².